The molecule has 0 saturated carbocycles. The van der Waals surface area contributed by atoms with E-state index in [9.17, 15) is 0 Å². The van der Waals surface area contributed by atoms with Crippen molar-refractivity contribution in [3.05, 3.63) is 12.7 Å². The van der Waals surface area contributed by atoms with Gasteiger partial charge in [-0.05, 0) is 38.6 Å². The van der Waals surface area contributed by atoms with Gasteiger partial charge in [0.1, 0.15) is 0 Å². The van der Waals surface area contributed by atoms with E-state index in [4.69, 9.17) is 4.74 Å². The maximum absolute atomic E-state index is 5.92. The first-order chi connectivity index (χ1) is 8.67. The quantitative estimate of drug-likeness (QED) is 0.417. The molecule has 0 fully saturated rings. The van der Waals surface area contributed by atoms with Gasteiger partial charge in [-0.1, -0.05) is 39.7 Å². The molecule has 0 aliphatic heterocycles. The first-order valence-corrected chi connectivity index (χ1v) is 7.63. The monoisotopic (exact) mass is 255 g/mol. The lowest BCUT2D eigenvalue weighted by molar-refractivity contribution is 0.00129. The molecule has 2 heteroatoms. The Kier molecular flexibility index (Phi) is 11.5. The second kappa shape index (κ2) is 11.7. The van der Waals surface area contributed by atoms with Crippen LogP contribution in [0, 0.1) is 5.92 Å². The predicted molar refractivity (Wildman–Crippen MR) is 81.0 cm³/mol. The molecule has 2 unspecified atom stereocenters. The molecule has 0 rings (SSSR count). The normalized spacial score (nSPS) is 14.7. The van der Waals surface area contributed by atoms with Crippen LogP contribution in [-0.4, -0.2) is 25.3 Å². The van der Waals surface area contributed by atoms with Gasteiger partial charge < -0.3 is 10.1 Å². The van der Waals surface area contributed by atoms with Crippen LogP contribution in [0.15, 0.2) is 12.7 Å². The van der Waals surface area contributed by atoms with Gasteiger partial charge in [-0.15, -0.1) is 6.58 Å². The molecule has 2 atom stereocenters. The fourth-order valence-electron chi connectivity index (χ4n) is 2.44. The van der Waals surface area contributed by atoms with Crippen LogP contribution in [0.4, 0.5) is 0 Å². The van der Waals surface area contributed by atoms with Crippen molar-refractivity contribution in [2.24, 2.45) is 5.92 Å². The molecular weight excluding hydrogens is 222 g/mol. The number of allylic oxidation sites excluding steroid dienone is 1. The van der Waals surface area contributed by atoms with E-state index in [1.165, 1.54) is 25.7 Å². The molecule has 0 aromatic rings. The maximum Gasteiger partial charge on any atom is 0.0750 e. The van der Waals surface area contributed by atoms with E-state index in [0.717, 1.165) is 19.6 Å². The third-order valence-corrected chi connectivity index (χ3v) is 3.30. The zero-order valence-electron chi connectivity index (χ0n) is 12.9. The van der Waals surface area contributed by atoms with E-state index in [0.29, 0.717) is 18.1 Å². The Morgan fingerprint density at radius 1 is 1.17 bits per heavy atom. The summed E-state index contributed by atoms with van der Waals surface area (Å²) in [6.07, 6.45) is 8.56. The minimum absolute atomic E-state index is 0.342. The van der Waals surface area contributed by atoms with E-state index in [1.807, 2.05) is 6.08 Å². The molecule has 0 aliphatic carbocycles. The third-order valence-electron chi connectivity index (χ3n) is 3.30. The molecule has 0 heterocycles. The highest BCUT2D eigenvalue weighted by Crippen LogP contribution is 2.17. The number of likely N-dealkylation sites (N-methyl/N-ethyl adjacent to an activating group) is 1. The number of unbranched alkanes of at least 4 members (excludes halogenated alkanes) is 3. The van der Waals surface area contributed by atoms with Crippen molar-refractivity contribution in [2.45, 2.75) is 71.9 Å². The largest absolute Gasteiger partial charge is 0.377 e. The van der Waals surface area contributed by atoms with Gasteiger partial charge in [0.25, 0.3) is 0 Å². The molecule has 1 N–H and O–H groups in total. The number of ether oxygens (including phenoxy) is 1. The van der Waals surface area contributed by atoms with E-state index in [-0.39, 0.29) is 0 Å². The van der Waals surface area contributed by atoms with Crippen molar-refractivity contribution in [3.63, 3.8) is 0 Å². The van der Waals surface area contributed by atoms with Crippen molar-refractivity contribution in [1.29, 1.82) is 0 Å². The summed E-state index contributed by atoms with van der Waals surface area (Å²) in [4.78, 5) is 0. The average molecular weight is 255 g/mol. The minimum atomic E-state index is 0.342. The Labute approximate surface area is 114 Å². The van der Waals surface area contributed by atoms with Gasteiger partial charge in [0.15, 0.2) is 0 Å². The van der Waals surface area contributed by atoms with E-state index >= 15 is 0 Å². The summed E-state index contributed by atoms with van der Waals surface area (Å²) in [5, 5.41) is 3.59. The van der Waals surface area contributed by atoms with Crippen LogP contribution in [0.2, 0.25) is 0 Å². The molecule has 0 bridgehead atoms. The Balaban J connectivity index is 4.11. The van der Waals surface area contributed by atoms with Crippen LogP contribution in [-0.2, 0) is 4.74 Å². The first kappa shape index (κ1) is 17.7. The maximum atomic E-state index is 5.92. The molecule has 2 nitrogen and oxygen atoms in total. The summed E-state index contributed by atoms with van der Waals surface area (Å²) in [5.74, 6) is 0.571. The highest BCUT2D eigenvalue weighted by molar-refractivity contribution is 4.79. The van der Waals surface area contributed by atoms with Crippen LogP contribution in [0.5, 0.6) is 0 Å². The summed E-state index contributed by atoms with van der Waals surface area (Å²) in [6, 6.07) is 0.499. The fourth-order valence-corrected chi connectivity index (χ4v) is 2.44. The topological polar surface area (TPSA) is 21.3 Å². The van der Waals surface area contributed by atoms with Gasteiger partial charge in [0, 0.05) is 12.6 Å². The molecular formula is C16H33NO. The predicted octanol–water partition coefficient (Wildman–Crippen LogP) is 4.16. The molecule has 0 spiro atoms. The van der Waals surface area contributed by atoms with Crippen LogP contribution in [0.1, 0.15) is 59.8 Å². The second-order valence-corrected chi connectivity index (χ2v) is 5.25. The number of nitrogens with one attached hydrogen (secondary N) is 1. The van der Waals surface area contributed by atoms with Crippen LogP contribution >= 0.6 is 0 Å². The van der Waals surface area contributed by atoms with Crippen molar-refractivity contribution >= 4 is 0 Å². The van der Waals surface area contributed by atoms with Crippen molar-refractivity contribution in [1.82, 2.24) is 5.32 Å². The van der Waals surface area contributed by atoms with Crippen LogP contribution in [0.25, 0.3) is 0 Å². The second-order valence-electron chi connectivity index (χ2n) is 5.25. The van der Waals surface area contributed by atoms with Gasteiger partial charge in [-0.25, -0.2) is 0 Å². The summed E-state index contributed by atoms with van der Waals surface area (Å²) >= 11 is 0. The molecule has 0 aliphatic rings. The SMILES string of the molecule is C=CCCCCCC(NCC)C(OCC)C(C)C. The number of rotatable bonds is 12. The minimum Gasteiger partial charge on any atom is -0.377 e. The highest BCUT2D eigenvalue weighted by Gasteiger charge is 2.23. The zero-order chi connectivity index (χ0) is 13.8. The van der Waals surface area contributed by atoms with Crippen molar-refractivity contribution in [3.8, 4) is 0 Å². The Morgan fingerprint density at radius 2 is 1.89 bits per heavy atom. The molecule has 0 aromatic heterocycles. The van der Waals surface area contributed by atoms with Crippen LogP contribution < -0.4 is 5.32 Å². The first-order valence-electron chi connectivity index (χ1n) is 7.63. The van der Waals surface area contributed by atoms with E-state index < -0.39 is 0 Å². The Bertz CT molecular complexity index is 192. The zero-order valence-corrected chi connectivity index (χ0v) is 12.9. The van der Waals surface area contributed by atoms with Gasteiger partial charge in [0.2, 0.25) is 0 Å². The molecule has 108 valence electrons. The lowest BCUT2D eigenvalue weighted by Crippen LogP contribution is -2.44. The molecule has 0 radical (unpaired) electrons. The van der Waals surface area contributed by atoms with Crippen LogP contribution in [0.3, 0.4) is 0 Å². The lowest BCUT2D eigenvalue weighted by Gasteiger charge is -2.30. The summed E-state index contributed by atoms with van der Waals surface area (Å²) in [7, 11) is 0. The average Bonchev–Trinajstić information content (AvgIpc) is 2.34. The lowest BCUT2D eigenvalue weighted by atomic mass is 9.94. The molecule has 0 amide bonds. The number of hydrogen-bond donors (Lipinski definition) is 1. The third kappa shape index (κ3) is 7.88. The summed E-state index contributed by atoms with van der Waals surface area (Å²) in [5.41, 5.74) is 0. The fraction of sp³-hybridized carbons (Fsp3) is 0.875. The standard InChI is InChI=1S/C16H33NO/c1-6-9-10-11-12-13-15(17-7-2)16(14(4)5)18-8-3/h6,14-17H,1,7-13H2,2-5H3. The molecule has 0 aromatic carbocycles. The van der Waals surface area contributed by atoms with Gasteiger partial charge in [-0.3, -0.25) is 0 Å². The van der Waals surface area contributed by atoms with Gasteiger partial charge in [0.05, 0.1) is 6.10 Å². The Morgan fingerprint density at radius 3 is 2.39 bits per heavy atom. The van der Waals surface area contributed by atoms with Crippen molar-refractivity contribution in [2.75, 3.05) is 13.2 Å². The Hall–Kier alpha value is -0.340. The van der Waals surface area contributed by atoms with Crippen molar-refractivity contribution < 1.29 is 4.74 Å². The number of hydrogen-bond acceptors (Lipinski definition) is 2. The van der Waals surface area contributed by atoms with Gasteiger partial charge in [-0.2, -0.15) is 0 Å². The summed E-state index contributed by atoms with van der Waals surface area (Å²) in [6.45, 7) is 14.4. The van der Waals surface area contributed by atoms with E-state index in [1.54, 1.807) is 0 Å². The summed E-state index contributed by atoms with van der Waals surface area (Å²) < 4.78 is 5.92. The highest BCUT2D eigenvalue weighted by atomic mass is 16.5. The molecule has 18 heavy (non-hydrogen) atoms. The van der Waals surface area contributed by atoms with E-state index in [2.05, 4.69) is 39.6 Å². The van der Waals surface area contributed by atoms with Gasteiger partial charge >= 0.3 is 0 Å². The smallest absolute Gasteiger partial charge is 0.0750 e. The molecule has 0 saturated heterocycles.